The summed E-state index contributed by atoms with van der Waals surface area (Å²) in [5, 5.41) is 22.3. The number of allylic oxidation sites excluding steroid dienone is 12. The molecule has 3 aliphatic carbocycles. The number of aliphatic hydroxyl groups is 2. The van der Waals surface area contributed by atoms with Crippen LogP contribution in [0.5, 0.6) is 0 Å². The monoisotopic (exact) mass is 494 g/mol. The Morgan fingerprint density at radius 1 is 0.838 bits per heavy atom. The van der Waals surface area contributed by atoms with Crippen LogP contribution in [0.4, 0.5) is 0 Å². The largest absolute Gasteiger partial charge is 0.495 e. The van der Waals surface area contributed by atoms with E-state index in [1.807, 2.05) is 18.2 Å². The highest BCUT2D eigenvalue weighted by molar-refractivity contribution is 5.87. The van der Waals surface area contributed by atoms with Crippen molar-refractivity contribution in [1.29, 1.82) is 0 Å². The van der Waals surface area contributed by atoms with Crippen molar-refractivity contribution in [2.45, 2.75) is 32.5 Å². The molecule has 3 aliphatic rings. The van der Waals surface area contributed by atoms with E-state index in [-0.39, 0.29) is 19.1 Å². The zero-order valence-electron chi connectivity index (χ0n) is 21.4. The van der Waals surface area contributed by atoms with Crippen LogP contribution in [0.1, 0.15) is 25.8 Å². The van der Waals surface area contributed by atoms with Gasteiger partial charge in [0.15, 0.2) is 0 Å². The molecule has 0 bridgehead atoms. The first-order valence-corrected chi connectivity index (χ1v) is 13.0. The predicted octanol–water partition coefficient (Wildman–Crippen LogP) is 6.41. The van der Waals surface area contributed by atoms with Crippen molar-refractivity contribution in [3.8, 4) is 0 Å². The molecule has 190 valence electrons. The summed E-state index contributed by atoms with van der Waals surface area (Å²) < 4.78 is 12.4. The van der Waals surface area contributed by atoms with Gasteiger partial charge in [0.1, 0.15) is 24.7 Å². The molecule has 4 heteroatoms. The second-order valence-electron chi connectivity index (χ2n) is 10.0. The maximum atomic E-state index is 10.0. The second-order valence-corrected chi connectivity index (χ2v) is 10.0. The van der Waals surface area contributed by atoms with Crippen molar-refractivity contribution in [2.24, 2.45) is 11.8 Å². The van der Waals surface area contributed by atoms with Gasteiger partial charge in [0, 0.05) is 23.8 Å². The molecule has 5 rings (SSSR count). The first-order chi connectivity index (χ1) is 18.0. The van der Waals surface area contributed by atoms with Crippen LogP contribution in [-0.4, -0.2) is 35.6 Å². The minimum absolute atomic E-state index is 0.184. The molecule has 4 atom stereocenters. The zero-order valence-corrected chi connectivity index (χ0v) is 21.4. The number of benzene rings is 2. The van der Waals surface area contributed by atoms with Crippen LogP contribution in [0.2, 0.25) is 0 Å². The predicted molar refractivity (Wildman–Crippen MR) is 149 cm³/mol. The Morgan fingerprint density at radius 3 is 2.35 bits per heavy atom. The molecule has 0 aliphatic heterocycles. The summed E-state index contributed by atoms with van der Waals surface area (Å²) >= 11 is 0. The Morgan fingerprint density at radius 2 is 1.57 bits per heavy atom. The van der Waals surface area contributed by atoms with E-state index in [0.29, 0.717) is 18.1 Å². The summed E-state index contributed by atoms with van der Waals surface area (Å²) in [5.74, 6) is 2.09. The van der Waals surface area contributed by atoms with Gasteiger partial charge in [-0.1, -0.05) is 78.9 Å². The molecular formula is C33H34O4. The van der Waals surface area contributed by atoms with Crippen molar-refractivity contribution >= 4 is 16.3 Å². The lowest BCUT2D eigenvalue weighted by Crippen LogP contribution is -2.14. The number of ether oxygens (including phenoxy) is 2. The molecule has 0 heterocycles. The number of hydrogen-bond acceptors (Lipinski definition) is 4. The molecule has 2 aromatic carbocycles. The highest BCUT2D eigenvalue weighted by Crippen LogP contribution is 2.37. The Labute approximate surface area is 218 Å². The summed E-state index contributed by atoms with van der Waals surface area (Å²) in [4.78, 5) is 0. The lowest BCUT2D eigenvalue weighted by Gasteiger charge is -2.24. The van der Waals surface area contributed by atoms with Crippen LogP contribution >= 0.6 is 0 Å². The smallest absolute Gasteiger partial charge is 0.127 e. The van der Waals surface area contributed by atoms with Gasteiger partial charge < -0.3 is 19.7 Å². The van der Waals surface area contributed by atoms with Crippen LogP contribution in [-0.2, 0) is 9.47 Å². The number of aliphatic hydroxyl groups excluding tert-OH is 2. The van der Waals surface area contributed by atoms with Crippen LogP contribution in [0.3, 0.4) is 0 Å². The molecule has 0 spiro atoms. The highest BCUT2D eigenvalue weighted by Gasteiger charge is 2.23. The normalized spacial score (nSPS) is 22.5. The van der Waals surface area contributed by atoms with Gasteiger partial charge in [-0.3, -0.25) is 0 Å². The van der Waals surface area contributed by atoms with E-state index in [9.17, 15) is 10.2 Å². The molecule has 37 heavy (non-hydrogen) atoms. The highest BCUT2D eigenvalue weighted by atomic mass is 16.5. The van der Waals surface area contributed by atoms with E-state index >= 15 is 0 Å². The summed E-state index contributed by atoms with van der Waals surface area (Å²) in [7, 11) is 0. The van der Waals surface area contributed by atoms with Gasteiger partial charge in [0.05, 0.1) is 12.2 Å². The lowest BCUT2D eigenvalue weighted by molar-refractivity contribution is 0.0822. The minimum atomic E-state index is -0.601. The number of fused-ring (bicyclic) bond motifs is 2. The van der Waals surface area contributed by atoms with Gasteiger partial charge in [-0.05, 0) is 59.5 Å². The first kappa shape index (κ1) is 25.1. The van der Waals surface area contributed by atoms with Gasteiger partial charge in [-0.2, -0.15) is 0 Å². The Bertz CT molecular complexity index is 1360. The fourth-order valence-corrected chi connectivity index (χ4v) is 4.87. The van der Waals surface area contributed by atoms with E-state index in [1.165, 1.54) is 5.39 Å². The molecule has 2 N–H and O–H groups in total. The molecule has 0 amide bonds. The standard InChI is InChI=1S/C33H34O4/c1-22(34)20-36-31-17-30(28-13-11-24-7-3-5-9-26(24)15-28)18-33(37-21-23(2)35)32(19-31)29-14-12-25-8-4-6-10-27(25)16-29/h3-16,18-19,22-23,25,27,34-35H,17,20-21H2,1-2H3/t22?,23-,25?,27?/m1/s1. The van der Waals surface area contributed by atoms with Crippen molar-refractivity contribution in [3.63, 3.8) is 0 Å². The molecule has 0 saturated heterocycles. The average Bonchev–Trinajstić information content (AvgIpc) is 3.10. The molecular weight excluding hydrogens is 460 g/mol. The number of hydrogen-bond donors (Lipinski definition) is 2. The molecule has 4 nitrogen and oxygen atoms in total. The quantitative estimate of drug-likeness (QED) is 0.445. The molecule has 0 fully saturated rings. The van der Waals surface area contributed by atoms with Gasteiger partial charge >= 0.3 is 0 Å². The molecule has 0 saturated carbocycles. The van der Waals surface area contributed by atoms with Gasteiger partial charge in [-0.15, -0.1) is 0 Å². The summed E-state index contributed by atoms with van der Waals surface area (Å²) in [6.07, 6.45) is 18.7. The summed E-state index contributed by atoms with van der Waals surface area (Å²) in [5.41, 5.74) is 4.10. The Balaban J connectivity index is 1.62. The van der Waals surface area contributed by atoms with Crippen LogP contribution in [0.25, 0.3) is 16.3 Å². The van der Waals surface area contributed by atoms with Gasteiger partial charge in [0.2, 0.25) is 0 Å². The molecule has 0 radical (unpaired) electrons. The Hall–Kier alpha value is -3.60. The van der Waals surface area contributed by atoms with E-state index in [0.717, 1.165) is 33.4 Å². The SMILES string of the molecule is CC(O)COC1=CC(C2=CC3C=CC=CC3C=C2)=C(OC[C@@H](C)O)C=C(c2ccc3ccccc3c2)C1. The van der Waals surface area contributed by atoms with Crippen molar-refractivity contribution in [2.75, 3.05) is 13.2 Å². The van der Waals surface area contributed by atoms with Gasteiger partial charge in [0.25, 0.3) is 0 Å². The van der Waals surface area contributed by atoms with Crippen molar-refractivity contribution < 1.29 is 19.7 Å². The third kappa shape index (κ3) is 6.04. The molecule has 0 aromatic heterocycles. The number of rotatable bonds is 8. The van der Waals surface area contributed by atoms with Crippen LogP contribution < -0.4 is 0 Å². The second kappa shape index (κ2) is 11.2. The topological polar surface area (TPSA) is 58.9 Å². The van der Waals surface area contributed by atoms with E-state index in [2.05, 4.69) is 78.9 Å². The third-order valence-electron chi connectivity index (χ3n) is 6.75. The summed E-state index contributed by atoms with van der Waals surface area (Å²) in [6, 6.07) is 14.8. The van der Waals surface area contributed by atoms with Crippen molar-refractivity contribution in [3.05, 3.63) is 125 Å². The van der Waals surface area contributed by atoms with E-state index in [1.54, 1.807) is 13.8 Å². The van der Waals surface area contributed by atoms with E-state index in [4.69, 9.17) is 9.47 Å². The van der Waals surface area contributed by atoms with Crippen molar-refractivity contribution in [1.82, 2.24) is 0 Å². The molecule has 2 aromatic rings. The zero-order chi connectivity index (χ0) is 25.8. The maximum Gasteiger partial charge on any atom is 0.127 e. The third-order valence-corrected chi connectivity index (χ3v) is 6.75. The lowest BCUT2D eigenvalue weighted by atomic mass is 9.81. The van der Waals surface area contributed by atoms with Gasteiger partial charge in [-0.25, -0.2) is 0 Å². The van der Waals surface area contributed by atoms with Crippen LogP contribution in [0, 0.1) is 11.8 Å². The molecule has 3 unspecified atom stereocenters. The summed E-state index contributed by atoms with van der Waals surface area (Å²) in [6.45, 7) is 3.84. The van der Waals surface area contributed by atoms with Crippen LogP contribution in [0.15, 0.2) is 120 Å². The average molecular weight is 495 g/mol. The fraction of sp³-hybridized carbons (Fsp3) is 0.273. The minimum Gasteiger partial charge on any atom is -0.495 e. The Kier molecular flexibility index (Phi) is 7.59. The fourth-order valence-electron chi connectivity index (χ4n) is 4.87. The van der Waals surface area contributed by atoms with E-state index < -0.39 is 12.2 Å². The first-order valence-electron chi connectivity index (χ1n) is 13.0. The maximum absolute atomic E-state index is 10.0.